The standard InChI is InChI=1S/C26H22N2O6/c1-13-12-33-22-10-23-18(8-17(13)22)14(2)19(26(32)34-23)9-24(29)28-21(25(30)31)7-15-11-27-20-6-4-3-5-16(15)20/h3-6,8,10-12,21,27H,7,9H2,1-2H3,(H,28,29)(H,30,31)/t21-/m1/s1. The molecule has 0 aliphatic heterocycles. The molecule has 34 heavy (non-hydrogen) atoms. The van der Waals surface area contributed by atoms with Crippen molar-refractivity contribution in [2.75, 3.05) is 0 Å². The summed E-state index contributed by atoms with van der Waals surface area (Å²) in [6.07, 6.45) is 3.19. The first kappa shape index (κ1) is 21.5. The number of nitrogens with one attached hydrogen (secondary N) is 2. The van der Waals surface area contributed by atoms with Gasteiger partial charge in [-0.25, -0.2) is 9.59 Å². The number of para-hydroxylation sites is 1. The van der Waals surface area contributed by atoms with Crippen LogP contribution in [0.15, 0.2) is 62.5 Å². The van der Waals surface area contributed by atoms with Gasteiger partial charge in [0.25, 0.3) is 0 Å². The molecule has 172 valence electrons. The summed E-state index contributed by atoms with van der Waals surface area (Å²) in [7, 11) is 0. The number of aromatic nitrogens is 1. The fraction of sp³-hybridized carbons (Fsp3) is 0.192. The fourth-order valence-electron chi connectivity index (χ4n) is 4.37. The number of H-pyrrole nitrogens is 1. The minimum absolute atomic E-state index is 0.105. The van der Waals surface area contributed by atoms with E-state index in [0.29, 0.717) is 22.1 Å². The normalized spacial score (nSPS) is 12.4. The maximum Gasteiger partial charge on any atom is 0.340 e. The minimum atomic E-state index is -1.15. The van der Waals surface area contributed by atoms with Gasteiger partial charge in [0, 0.05) is 40.4 Å². The van der Waals surface area contributed by atoms with E-state index in [2.05, 4.69) is 10.3 Å². The average molecular weight is 458 g/mol. The molecule has 2 aromatic carbocycles. The number of benzene rings is 2. The van der Waals surface area contributed by atoms with Crippen molar-refractivity contribution in [2.24, 2.45) is 0 Å². The molecule has 8 heteroatoms. The van der Waals surface area contributed by atoms with Gasteiger partial charge in [-0.1, -0.05) is 18.2 Å². The second kappa shape index (κ2) is 8.22. The van der Waals surface area contributed by atoms with Crippen LogP contribution in [0.5, 0.6) is 0 Å². The van der Waals surface area contributed by atoms with Gasteiger partial charge in [0.1, 0.15) is 17.2 Å². The minimum Gasteiger partial charge on any atom is -0.480 e. The number of carboxylic acids is 1. The summed E-state index contributed by atoms with van der Waals surface area (Å²) in [6.45, 7) is 3.67. The van der Waals surface area contributed by atoms with Gasteiger partial charge in [0.15, 0.2) is 0 Å². The van der Waals surface area contributed by atoms with E-state index in [9.17, 15) is 19.5 Å². The van der Waals surface area contributed by atoms with E-state index in [1.165, 1.54) is 0 Å². The molecule has 5 aromatic rings. The quantitative estimate of drug-likeness (QED) is 0.330. The topological polar surface area (TPSA) is 126 Å². The second-order valence-corrected chi connectivity index (χ2v) is 8.46. The SMILES string of the molecule is Cc1coc2cc3oc(=O)c(CC(=O)N[C@H](Cc4c[nH]c5ccccc45)C(=O)O)c(C)c3cc12. The first-order chi connectivity index (χ1) is 16.3. The van der Waals surface area contributed by atoms with Crippen molar-refractivity contribution in [2.45, 2.75) is 32.7 Å². The molecule has 1 atom stereocenters. The molecule has 3 N–H and O–H groups in total. The van der Waals surface area contributed by atoms with Crippen LogP contribution < -0.4 is 10.9 Å². The zero-order chi connectivity index (χ0) is 24.0. The number of fused-ring (bicyclic) bond motifs is 3. The number of hydrogen-bond acceptors (Lipinski definition) is 5. The number of hydrogen-bond donors (Lipinski definition) is 3. The van der Waals surface area contributed by atoms with Gasteiger partial charge in [-0.3, -0.25) is 4.79 Å². The molecule has 0 bridgehead atoms. The molecule has 0 saturated heterocycles. The van der Waals surface area contributed by atoms with Gasteiger partial charge in [-0.15, -0.1) is 0 Å². The number of carbonyl (C=O) groups excluding carboxylic acids is 1. The molecule has 0 fully saturated rings. The molecule has 0 radical (unpaired) electrons. The Morgan fingerprint density at radius 2 is 1.88 bits per heavy atom. The van der Waals surface area contributed by atoms with Gasteiger partial charge < -0.3 is 24.2 Å². The Morgan fingerprint density at radius 1 is 1.09 bits per heavy atom. The van der Waals surface area contributed by atoms with E-state index in [1.807, 2.05) is 37.3 Å². The van der Waals surface area contributed by atoms with E-state index >= 15 is 0 Å². The lowest BCUT2D eigenvalue weighted by Crippen LogP contribution is -2.43. The summed E-state index contributed by atoms with van der Waals surface area (Å²) < 4.78 is 10.9. The number of aryl methyl sites for hydroxylation is 2. The summed E-state index contributed by atoms with van der Waals surface area (Å²) in [5.74, 6) is -1.72. The Kier molecular flexibility index (Phi) is 5.20. The zero-order valence-corrected chi connectivity index (χ0v) is 18.6. The van der Waals surface area contributed by atoms with E-state index in [0.717, 1.165) is 27.4 Å². The van der Waals surface area contributed by atoms with Gasteiger partial charge in [0.05, 0.1) is 18.2 Å². The van der Waals surface area contributed by atoms with Crippen LogP contribution in [0.1, 0.15) is 22.3 Å². The maximum absolute atomic E-state index is 12.8. The maximum atomic E-state index is 12.8. The Morgan fingerprint density at radius 3 is 2.68 bits per heavy atom. The molecule has 0 unspecified atom stereocenters. The second-order valence-electron chi connectivity index (χ2n) is 8.46. The highest BCUT2D eigenvalue weighted by Gasteiger charge is 2.24. The van der Waals surface area contributed by atoms with Gasteiger partial charge >= 0.3 is 11.6 Å². The molecular weight excluding hydrogens is 436 g/mol. The number of carbonyl (C=O) groups is 2. The molecule has 0 aliphatic carbocycles. The van der Waals surface area contributed by atoms with Crippen molar-refractivity contribution < 1.29 is 23.5 Å². The van der Waals surface area contributed by atoms with E-state index < -0.39 is 23.5 Å². The molecule has 0 saturated carbocycles. The summed E-state index contributed by atoms with van der Waals surface area (Å²) in [4.78, 5) is 40.4. The Balaban J connectivity index is 1.41. The van der Waals surface area contributed by atoms with Crippen LogP contribution in [0.4, 0.5) is 0 Å². The molecule has 0 spiro atoms. The van der Waals surface area contributed by atoms with E-state index in [4.69, 9.17) is 8.83 Å². The third kappa shape index (κ3) is 3.73. The summed E-state index contributed by atoms with van der Waals surface area (Å²) in [6, 6.07) is 9.94. The number of rotatable bonds is 6. The lowest BCUT2D eigenvalue weighted by atomic mass is 10.0. The molecular formula is C26H22N2O6. The number of carboxylic acid groups (broad SMARTS) is 1. The fourth-order valence-corrected chi connectivity index (χ4v) is 4.37. The molecule has 3 heterocycles. The largest absolute Gasteiger partial charge is 0.480 e. The Bertz CT molecular complexity index is 1640. The van der Waals surface area contributed by atoms with Gasteiger partial charge in [-0.2, -0.15) is 0 Å². The zero-order valence-electron chi connectivity index (χ0n) is 18.6. The van der Waals surface area contributed by atoms with Crippen LogP contribution in [-0.2, 0) is 22.4 Å². The van der Waals surface area contributed by atoms with Crippen LogP contribution >= 0.6 is 0 Å². The van der Waals surface area contributed by atoms with Crippen LogP contribution in [0.2, 0.25) is 0 Å². The number of aliphatic carboxylic acids is 1. The van der Waals surface area contributed by atoms with Crippen molar-refractivity contribution in [1.82, 2.24) is 10.3 Å². The summed E-state index contributed by atoms with van der Waals surface area (Å²) in [5.41, 5.74) is 3.78. The third-order valence-electron chi connectivity index (χ3n) is 6.24. The van der Waals surface area contributed by atoms with Crippen molar-refractivity contribution in [3.8, 4) is 0 Å². The first-order valence-corrected chi connectivity index (χ1v) is 10.8. The predicted molar refractivity (Wildman–Crippen MR) is 127 cm³/mol. The van der Waals surface area contributed by atoms with E-state index in [1.54, 1.807) is 25.5 Å². The number of furan rings is 1. The van der Waals surface area contributed by atoms with Crippen LogP contribution in [0, 0.1) is 13.8 Å². The summed E-state index contributed by atoms with van der Waals surface area (Å²) in [5, 5.41) is 14.8. The van der Waals surface area contributed by atoms with Crippen LogP contribution in [0.25, 0.3) is 32.8 Å². The first-order valence-electron chi connectivity index (χ1n) is 10.8. The van der Waals surface area contributed by atoms with E-state index in [-0.39, 0.29) is 18.4 Å². The predicted octanol–water partition coefficient (Wildman–Crippen LogP) is 3.99. The van der Waals surface area contributed by atoms with Crippen molar-refractivity contribution >= 4 is 44.7 Å². The van der Waals surface area contributed by atoms with Gasteiger partial charge in [-0.05, 0) is 42.7 Å². The van der Waals surface area contributed by atoms with Gasteiger partial charge in [0.2, 0.25) is 5.91 Å². The van der Waals surface area contributed by atoms with Crippen molar-refractivity contribution in [3.63, 3.8) is 0 Å². The van der Waals surface area contributed by atoms with Crippen LogP contribution in [-0.4, -0.2) is 28.0 Å². The summed E-state index contributed by atoms with van der Waals surface area (Å²) >= 11 is 0. The third-order valence-corrected chi connectivity index (χ3v) is 6.24. The number of aromatic amines is 1. The highest BCUT2D eigenvalue weighted by atomic mass is 16.4. The molecule has 5 rings (SSSR count). The molecule has 0 aliphatic rings. The highest BCUT2D eigenvalue weighted by Crippen LogP contribution is 2.29. The number of amides is 1. The Hall–Kier alpha value is -4.33. The monoisotopic (exact) mass is 458 g/mol. The van der Waals surface area contributed by atoms with Crippen molar-refractivity contribution in [1.29, 1.82) is 0 Å². The van der Waals surface area contributed by atoms with Crippen LogP contribution in [0.3, 0.4) is 0 Å². The smallest absolute Gasteiger partial charge is 0.340 e. The van der Waals surface area contributed by atoms with Crippen molar-refractivity contribution in [3.05, 3.63) is 81.5 Å². The Labute approximate surface area is 193 Å². The average Bonchev–Trinajstić information content (AvgIpc) is 3.38. The molecule has 1 amide bonds. The molecule has 8 nitrogen and oxygen atoms in total. The lowest BCUT2D eigenvalue weighted by molar-refractivity contribution is -0.141. The lowest BCUT2D eigenvalue weighted by Gasteiger charge is -2.15. The molecule has 3 aromatic heterocycles. The highest BCUT2D eigenvalue weighted by molar-refractivity contribution is 5.97.